The van der Waals surface area contributed by atoms with E-state index in [9.17, 15) is 18.0 Å². The van der Waals surface area contributed by atoms with E-state index < -0.39 is 17.7 Å². The molecule has 0 aromatic rings. The van der Waals surface area contributed by atoms with Crippen molar-refractivity contribution in [3.05, 3.63) is 0 Å². The van der Waals surface area contributed by atoms with Crippen LogP contribution in [0, 0.1) is 0 Å². The fourth-order valence-corrected chi connectivity index (χ4v) is 1.82. The molecule has 1 aliphatic rings. The third-order valence-corrected chi connectivity index (χ3v) is 2.92. The minimum absolute atomic E-state index is 0.180. The molecule has 1 saturated heterocycles. The van der Waals surface area contributed by atoms with E-state index in [0.29, 0.717) is 19.4 Å². The Morgan fingerprint density at radius 3 is 2.22 bits per heavy atom. The summed E-state index contributed by atoms with van der Waals surface area (Å²) in [4.78, 5) is 14.9. The molecular formula is C10H16F3NO4. The highest BCUT2D eigenvalue weighted by Crippen LogP contribution is 2.27. The number of hydrogen-bond donors (Lipinski definition) is 0. The molecule has 1 fully saturated rings. The summed E-state index contributed by atoms with van der Waals surface area (Å²) in [7, 11) is 3.05. The lowest BCUT2D eigenvalue weighted by Gasteiger charge is -2.39. The molecule has 18 heavy (non-hydrogen) atoms. The number of ether oxygens (including phenoxy) is 2. The lowest BCUT2D eigenvalue weighted by Crippen LogP contribution is -2.49. The van der Waals surface area contributed by atoms with Crippen LogP contribution in [0.4, 0.5) is 13.2 Å². The zero-order valence-electron chi connectivity index (χ0n) is 10.2. The molecule has 0 aromatic carbocycles. The van der Waals surface area contributed by atoms with E-state index in [0.717, 1.165) is 5.06 Å². The average Bonchev–Trinajstić information content (AvgIpc) is 2.31. The van der Waals surface area contributed by atoms with Gasteiger partial charge in [0.1, 0.15) is 0 Å². The number of carbonyl (C=O) groups is 1. The maximum absolute atomic E-state index is 12.0. The predicted molar refractivity (Wildman–Crippen MR) is 54.6 cm³/mol. The molecule has 1 heterocycles. The molecular weight excluding hydrogens is 255 g/mol. The number of halogens is 3. The van der Waals surface area contributed by atoms with E-state index in [1.54, 1.807) is 0 Å². The molecule has 0 amide bonds. The quantitative estimate of drug-likeness (QED) is 0.767. The van der Waals surface area contributed by atoms with Crippen molar-refractivity contribution in [1.82, 2.24) is 5.06 Å². The minimum atomic E-state index is -4.97. The van der Waals surface area contributed by atoms with Crippen LogP contribution in [-0.4, -0.2) is 56.7 Å². The molecule has 0 N–H and O–H groups in total. The number of piperidine rings is 1. The fourth-order valence-electron chi connectivity index (χ4n) is 1.82. The topological polar surface area (TPSA) is 48.0 Å². The third-order valence-electron chi connectivity index (χ3n) is 2.92. The zero-order chi connectivity index (χ0) is 13.8. The Hall–Kier alpha value is -0.860. The van der Waals surface area contributed by atoms with Crippen LogP contribution in [0.3, 0.4) is 0 Å². The average molecular weight is 271 g/mol. The molecule has 0 bridgehead atoms. The Labute approximate surface area is 103 Å². The van der Waals surface area contributed by atoms with Gasteiger partial charge in [0, 0.05) is 27.3 Å². The molecule has 0 aliphatic carbocycles. The molecule has 0 saturated carbocycles. The standard InChI is InChI=1S/C10H16F3NO4/c1-16-7-9(17-2)3-5-14(6-4-9)18-8(15)10(11,12)13/h3-7H2,1-2H3. The first kappa shape index (κ1) is 15.2. The highest BCUT2D eigenvalue weighted by Gasteiger charge is 2.44. The van der Waals surface area contributed by atoms with Gasteiger partial charge in [-0.15, -0.1) is 5.06 Å². The van der Waals surface area contributed by atoms with Crippen molar-refractivity contribution >= 4 is 5.97 Å². The molecule has 0 aromatic heterocycles. The van der Waals surface area contributed by atoms with E-state index >= 15 is 0 Å². The number of carbonyl (C=O) groups excluding carboxylic acids is 1. The van der Waals surface area contributed by atoms with Gasteiger partial charge in [-0.25, -0.2) is 4.79 Å². The van der Waals surface area contributed by atoms with E-state index in [4.69, 9.17) is 9.47 Å². The van der Waals surface area contributed by atoms with Crippen LogP contribution in [0.25, 0.3) is 0 Å². The van der Waals surface area contributed by atoms with Crippen molar-refractivity contribution in [3.8, 4) is 0 Å². The highest BCUT2D eigenvalue weighted by molar-refractivity contribution is 5.75. The zero-order valence-corrected chi connectivity index (χ0v) is 10.2. The molecule has 106 valence electrons. The fraction of sp³-hybridized carbons (Fsp3) is 0.900. The summed E-state index contributed by atoms with van der Waals surface area (Å²) in [5.41, 5.74) is -0.518. The summed E-state index contributed by atoms with van der Waals surface area (Å²) in [5, 5.41) is 1.00. The van der Waals surface area contributed by atoms with E-state index in [1.807, 2.05) is 0 Å². The second-order valence-electron chi connectivity index (χ2n) is 4.13. The second-order valence-corrected chi connectivity index (χ2v) is 4.13. The summed E-state index contributed by atoms with van der Waals surface area (Å²) in [5.74, 6) is -2.20. The summed E-state index contributed by atoms with van der Waals surface area (Å²) >= 11 is 0. The van der Waals surface area contributed by atoms with Crippen molar-refractivity contribution in [2.24, 2.45) is 0 Å². The Balaban J connectivity index is 2.46. The highest BCUT2D eigenvalue weighted by atomic mass is 19.4. The maximum atomic E-state index is 12.0. The molecule has 1 aliphatic heterocycles. The van der Waals surface area contributed by atoms with E-state index in [2.05, 4.69) is 4.84 Å². The van der Waals surface area contributed by atoms with Gasteiger partial charge in [-0.3, -0.25) is 0 Å². The maximum Gasteiger partial charge on any atom is 0.492 e. The van der Waals surface area contributed by atoms with Gasteiger partial charge in [0.05, 0.1) is 12.2 Å². The first-order valence-corrected chi connectivity index (χ1v) is 5.41. The first-order chi connectivity index (χ1) is 8.33. The Kier molecular flexibility index (Phi) is 4.94. The number of nitrogens with zero attached hydrogens (tertiary/aromatic N) is 1. The van der Waals surface area contributed by atoms with Crippen LogP contribution in [0.1, 0.15) is 12.8 Å². The second kappa shape index (κ2) is 5.85. The lowest BCUT2D eigenvalue weighted by molar-refractivity contribution is -0.249. The number of methoxy groups -OCH3 is 2. The summed E-state index contributed by atoms with van der Waals surface area (Å²) in [6, 6.07) is 0. The van der Waals surface area contributed by atoms with Crippen molar-refractivity contribution in [2.45, 2.75) is 24.6 Å². The van der Waals surface area contributed by atoms with Crippen LogP contribution >= 0.6 is 0 Å². The third kappa shape index (κ3) is 3.82. The van der Waals surface area contributed by atoms with Gasteiger partial charge in [-0.1, -0.05) is 0 Å². The van der Waals surface area contributed by atoms with Crippen LogP contribution in [0.2, 0.25) is 0 Å². The Bertz CT molecular complexity index is 287. The van der Waals surface area contributed by atoms with Crippen LogP contribution in [0.5, 0.6) is 0 Å². The van der Waals surface area contributed by atoms with Gasteiger partial charge >= 0.3 is 12.1 Å². The Morgan fingerprint density at radius 1 is 1.28 bits per heavy atom. The smallest absolute Gasteiger partial charge is 0.382 e. The monoisotopic (exact) mass is 271 g/mol. The van der Waals surface area contributed by atoms with Crippen molar-refractivity contribution < 1.29 is 32.3 Å². The summed E-state index contributed by atoms with van der Waals surface area (Å²) in [6.45, 7) is 0.711. The lowest BCUT2D eigenvalue weighted by atomic mass is 9.93. The number of alkyl halides is 3. The molecule has 0 atom stereocenters. The SMILES string of the molecule is COCC1(OC)CCN(OC(=O)C(F)(F)F)CC1. The van der Waals surface area contributed by atoms with Crippen LogP contribution in [0.15, 0.2) is 0 Å². The molecule has 0 unspecified atom stereocenters. The molecule has 0 spiro atoms. The predicted octanol–water partition coefficient (Wildman–Crippen LogP) is 1.13. The molecule has 1 rings (SSSR count). The van der Waals surface area contributed by atoms with Crippen molar-refractivity contribution in [1.29, 1.82) is 0 Å². The molecule has 8 heteroatoms. The van der Waals surface area contributed by atoms with Gasteiger partial charge in [0.2, 0.25) is 0 Å². The molecule has 5 nitrogen and oxygen atoms in total. The Morgan fingerprint density at radius 2 is 1.83 bits per heavy atom. The van der Waals surface area contributed by atoms with Gasteiger partial charge in [-0.2, -0.15) is 13.2 Å². The van der Waals surface area contributed by atoms with Gasteiger partial charge in [-0.05, 0) is 12.8 Å². The van der Waals surface area contributed by atoms with Crippen LogP contribution < -0.4 is 0 Å². The minimum Gasteiger partial charge on any atom is -0.382 e. The summed E-state index contributed by atoms with van der Waals surface area (Å²) < 4.78 is 46.3. The number of hydroxylamine groups is 2. The number of rotatable bonds is 4. The van der Waals surface area contributed by atoms with Crippen LogP contribution in [-0.2, 0) is 19.1 Å². The largest absolute Gasteiger partial charge is 0.492 e. The first-order valence-electron chi connectivity index (χ1n) is 5.41. The van der Waals surface area contributed by atoms with Gasteiger partial charge in [0.25, 0.3) is 0 Å². The van der Waals surface area contributed by atoms with Crippen molar-refractivity contribution in [3.63, 3.8) is 0 Å². The normalized spacial score (nSPS) is 20.7. The van der Waals surface area contributed by atoms with E-state index in [1.165, 1.54) is 14.2 Å². The number of hydrogen-bond acceptors (Lipinski definition) is 5. The summed E-state index contributed by atoms with van der Waals surface area (Å²) in [6.07, 6.45) is -4.10. The van der Waals surface area contributed by atoms with Gasteiger partial charge < -0.3 is 14.3 Å². The molecule has 0 radical (unpaired) electrons. The van der Waals surface area contributed by atoms with Crippen molar-refractivity contribution in [2.75, 3.05) is 33.9 Å². The van der Waals surface area contributed by atoms with Gasteiger partial charge in [0.15, 0.2) is 0 Å². The van der Waals surface area contributed by atoms with E-state index in [-0.39, 0.29) is 13.1 Å².